The van der Waals surface area contributed by atoms with E-state index in [9.17, 15) is 4.79 Å². The lowest BCUT2D eigenvalue weighted by Crippen LogP contribution is -2.37. The summed E-state index contributed by atoms with van der Waals surface area (Å²) in [5.74, 6) is 0. The Hall–Kier alpha value is -1.68. The summed E-state index contributed by atoms with van der Waals surface area (Å²) in [6.07, 6.45) is 4.97. The number of aromatic amines is 1. The Kier molecular flexibility index (Phi) is 3.34. The Balaban J connectivity index is 1.58. The molecule has 3 N–H and O–H groups in total. The average Bonchev–Trinajstić information content (AvgIpc) is 3.10. The Labute approximate surface area is 116 Å². The van der Waals surface area contributed by atoms with E-state index >= 15 is 0 Å². The number of fused-ring (bicyclic) bond motifs is 1. The summed E-state index contributed by atoms with van der Waals surface area (Å²) in [6, 6.07) is 6.11. The van der Waals surface area contributed by atoms with E-state index in [1.165, 1.54) is 5.56 Å². The van der Waals surface area contributed by atoms with Crippen LogP contribution in [0.2, 0.25) is 5.02 Å². The number of carbonyl (C=O) groups excluding carboxylic acids is 1. The van der Waals surface area contributed by atoms with Gasteiger partial charge in [-0.25, -0.2) is 4.79 Å². The van der Waals surface area contributed by atoms with Crippen molar-refractivity contribution in [1.82, 2.24) is 15.6 Å². The normalized spacial score (nSPS) is 14.6. The van der Waals surface area contributed by atoms with Crippen molar-refractivity contribution in [2.45, 2.75) is 25.3 Å². The molecule has 0 atom stereocenters. The molecular formula is C14H16ClN3O. The van der Waals surface area contributed by atoms with Gasteiger partial charge in [-0.2, -0.15) is 0 Å². The third-order valence-electron chi connectivity index (χ3n) is 3.32. The molecule has 0 aliphatic heterocycles. The zero-order valence-corrected chi connectivity index (χ0v) is 11.3. The summed E-state index contributed by atoms with van der Waals surface area (Å²) in [7, 11) is 0. The van der Waals surface area contributed by atoms with Crippen LogP contribution in [0.1, 0.15) is 18.4 Å². The van der Waals surface area contributed by atoms with Crippen LogP contribution >= 0.6 is 11.6 Å². The Morgan fingerprint density at radius 2 is 2.26 bits per heavy atom. The van der Waals surface area contributed by atoms with Crippen LogP contribution in [-0.2, 0) is 6.42 Å². The summed E-state index contributed by atoms with van der Waals surface area (Å²) >= 11 is 6.00. The van der Waals surface area contributed by atoms with E-state index in [1.807, 2.05) is 24.4 Å². The maximum Gasteiger partial charge on any atom is 0.315 e. The number of amides is 2. The SMILES string of the molecule is O=C(NCCc1c[nH]c2ccc(Cl)cc12)NC1CC1. The number of benzene rings is 1. The van der Waals surface area contributed by atoms with Gasteiger partial charge in [0.25, 0.3) is 0 Å². The van der Waals surface area contributed by atoms with E-state index < -0.39 is 0 Å². The minimum atomic E-state index is -0.0691. The van der Waals surface area contributed by atoms with Crippen molar-refractivity contribution in [3.63, 3.8) is 0 Å². The van der Waals surface area contributed by atoms with E-state index in [0.29, 0.717) is 12.6 Å². The van der Waals surface area contributed by atoms with Crippen molar-refractivity contribution in [3.05, 3.63) is 35.0 Å². The molecule has 0 saturated heterocycles. The fourth-order valence-corrected chi connectivity index (χ4v) is 2.30. The van der Waals surface area contributed by atoms with Crippen LogP contribution < -0.4 is 10.6 Å². The van der Waals surface area contributed by atoms with E-state index in [2.05, 4.69) is 15.6 Å². The lowest BCUT2D eigenvalue weighted by atomic mass is 10.1. The molecule has 0 unspecified atom stereocenters. The van der Waals surface area contributed by atoms with Gasteiger partial charge in [0, 0.05) is 34.7 Å². The number of H-pyrrole nitrogens is 1. The van der Waals surface area contributed by atoms with Crippen LogP contribution in [0.4, 0.5) is 4.79 Å². The summed E-state index contributed by atoms with van der Waals surface area (Å²) in [6.45, 7) is 0.623. The number of urea groups is 1. The minimum Gasteiger partial charge on any atom is -0.361 e. The number of nitrogens with one attached hydrogen (secondary N) is 3. The quantitative estimate of drug-likeness (QED) is 0.791. The number of rotatable bonds is 4. The molecule has 1 aliphatic carbocycles. The van der Waals surface area contributed by atoms with Gasteiger partial charge in [-0.1, -0.05) is 11.6 Å². The maximum atomic E-state index is 11.5. The van der Waals surface area contributed by atoms with Crippen molar-refractivity contribution < 1.29 is 4.79 Å². The maximum absolute atomic E-state index is 11.5. The third-order valence-corrected chi connectivity index (χ3v) is 3.56. The fraction of sp³-hybridized carbons (Fsp3) is 0.357. The second kappa shape index (κ2) is 5.13. The van der Waals surface area contributed by atoms with Crippen molar-refractivity contribution in [1.29, 1.82) is 0 Å². The molecular weight excluding hydrogens is 262 g/mol. The molecule has 5 heteroatoms. The van der Waals surface area contributed by atoms with Gasteiger partial charge in [-0.15, -0.1) is 0 Å². The van der Waals surface area contributed by atoms with Gasteiger partial charge in [0.2, 0.25) is 0 Å². The van der Waals surface area contributed by atoms with Gasteiger partial charge in [0.1, 0.15) is 0 Å². The summed E-state index contributed by atoms with van der Waals surface area (Å²) < 4.78 is 0. The zero-order chi connectivity index (χ0) is 13.2. The fourth-order valence-electron chi connectivity index (χ4n) is 2.13. The zero-order valence-electron chi connectivity index (χ0n) is 10.5. The molecule has 19 heavy (non-hydrogen) atoms. The molecule has 100 valence electrons. The topological polar surface area (TPSA) is 56.9 Å². The van der Waals surface area contributed by atoms with Gasteiger partial charge >= 0.3 is 6.03 Å². The highest BCUT2D eigenvalue weighted by Crippen LogP contribution is 2.22. The predicted octanol–water partition coefficient (Wildman–Crippen LogP) is 2.83. The van der Waals surface area contributed by atoms with E-state index in [1.54, 1.807) is 0 Å². The predicted molar refractivity (Wildman–Crippen MR) is 76.6 cm³/mol. The first-order valence-corrected chi connectivity index (χ1v) is 6.90. The first kappa shape index (κ1) is 12.4. The Bertz CT molecular complexity index is 604. The van der Waals surface area contributed by atoms with E-state index in [-0.39, 0.29) is 6.03 Å². The number of carbonyl (C=O) groups is 1. The standard InChI is InChI=1S/C14H16ClN3O/c15-10-1-4-13-12(7-10)9(8-17-13)5-6-16-14(19)18-11-2-3-11/h1,4,7-8,11,17H,2-3,5-6H2,(H2,16,18,19). The number of hydrogen-bond donors (Lipinski definition) is 3. The van der Waals surface area contributed by atoms with Crippen LogP contribution in [0.25, 0.3) is 10.9 Å². The van der Waals surface area contributed by atoms with Crippen molar-refractivity contribution >= 4 is 28.5 Å². The molecule has 0 spiro atoms. The lowest BCUT2D eigenvalue weighted by molar-refractivity contribution is 0.240. The lowest BCUT2D eigenvalue weighted by Gasteiger charge is -2.06. The van der Waals surface area contributed by atoms with Crippen molar-refractivity contribution in [2.24, 2.45) is 0 Å². The molecule has 1 aromatic heterocycles. The highest BCUT2D eigenvalue weighted by molar-refractivity contribution is 6.31. The van der Waals surface area contributed by atoms with Crippen LogP contribution in [0.3, 0.4) is 0 Å². The highest BCUT2D eigenvalue weighted by Gasteiger charge is 2.22. The Morgan fingerprint density at radius 3 is 3.05 bits per heavy atom. The second-order valence-corrected chi connectivity index (χ2v) is 5.36. The molecule has 1 heterocycles. The third kappa shape index (κ3) is 3.01. The van der Waals surface area contributed by atoms with Gasteiger partial charge in [-0.05, 0) is 43.0 Å². The van der Waals surface area contributed by atoms with E-state index in [0.717, 1.165) is 35.2 Å². The van der Waals surface area contributed by atoms with Crippen molar-refractivity contribution in [2.75, 3.05) is 6.54 Å². The summed E-state index contributed by atoms with van der Waals surface area (Å²) in [4.78, 5) is 14.7. The number of aromatic nitrogens is 1. The van der Waals surface area contributed by atoms with Gasteiger partial charge < -0.3 is 15.6 Å². The molecule has 4 nitrogen and oxygen atoms in total. The molecule has 1 fully saturated rings. The summed E-state index contributed by atoms with van der Waals surface area (Å²) in [5, 5.41) is 7.63. The second-order valence-electron chi connectivity index (χ2n) is 4.93. The van der Waals surface area contributed by atoms with Crippen LogP contribution in [0.5, 0.6) is 0 Å². The van der Waals surface area contributed by atoms with E-state index in [4.69, 9.17) is 11.6 Å². The molecule has 1 saturated carbocycles. The molecule has 2 aromatic rings. The highest BCUT2D eigenvalue weighted by atomic mass is 35.5. The largest absolute Gasteiger partial charge is 0.361 e. The van der Waals surface area contributed by atoms with Gasteiger partial charge in [0.15, 0.2) is 0 Å². The monoisotopic (exact) mass is 277 g/mol. The Morgan fingerprint density at radius 1 is 1.42 bits per heavy atom. The molecule has 0 bridgehead atoms. The molecule has 3 rings (SSSR count). The average molecular weight is 278 g/mol. The molecule has 1 aromatic carbocycles. The molecule has 2 amide bonds. The molecule has 0 radical (unpaired) electrons. The van der Waals surface area contributed by atoms with Gasteiger partial charge in [0.05, 0.1) is 0 Å². The molecule has 1 aliphatic rings. The summed E-state index contributed by atoms with van der Waals surface area (Å²) in [5.41, 5.74) is 2.24. The van der Waals surface area contributed by atoms with Crippen molar-refractivity contribution in [3.8, 4) is 0 Å². The smallest absolute Gasteiger partial charge is 0.315 e. The number of halogens is 1. The van der Waals surface area contributed by atoms with Crippen LogP contribution in [0.15, 0.2) is 24.4 Å². The van der Waals surface area contributed by atoms with Crippen LogP contribution in [-0.4, -0.2) is 23.6 Å². The minimum absolute atomic E-state index is 0.0691. The van der Waals surface area contributed by atoms with Gasteiger partial charge in [-0.3, -0.25) is 0 Å². The first-order chi connectivity index (χ1) is 9.22. The van der Waals surface area contributed by atoms with Crippen LogP contribution in [0, 0.1) is 0 Å². The first-order valence-electron chi connectivity index (χ1n) is 6.52. The number of hydrogen-bond acceptors (Lipinski definition) is 1.